The minimum absolute atomic E-state index is 0.313. The number of nitrogens with zero attached hydrogens (tertiary/aromatic N) is 1. The van der Waals surface area contributed by atoms with Gasteiger partial charge in [0.1, 0.15) is 5.41 Å². The van der Waals surface area contributed by atoms with E-state index in [4.69, 9.17) is 14.2 Å². The minimum Gasteiger partial charge on any atom is -0.493 e. The summed E-state index contributed by atoms with van der Waals surface area (Å²) < 4.78 is 15.9. The first kappa shape index (κ1) is 19.9. The normalized spacial score (nSPS) is 24.9. The maximum atomic E-state index is 13.5. The van der Waals surface area contributed by atoms with Crippen LogP contribution >= 0.6 is 0 Å². The van der Waals surface area contributed by atoms with Gasteiger partial charge in [0.2, 0.25) is 11.8 Å². The maximum Gasteiger partial charge on any atom is 0.316 e. The Labute approximate surface area is 174 Å². The summed E-state index contributed by atoms with van der Waals surface area (Å²) in [5.74, 6) is -1.88. The number of rotatable bonds is 4. The topological polar surface area (TPSA) is 82.1 Å². The van der Waals surface area contributed by atoms with Crippen LogP contribution in [0.5, 0.6) is 11.5 Å². The summed E-state index contributed by atoms with van der Waals surface area (Å²) in [6.07, 6.45) is 0.320. The predicted molar refractivity (Wildman–Crippen MR) is 109 cm³/mol. The third kappa shape index (κ3) is 2.61. The zero-order chi connectivity index (χ0) is 21.6. The van der Waals surface area contributed by atoms with E-state index in [0.29, 0.717) is 29.2 Å². The van der Waals surface area contributed by atoms with Crippen LogP contribution in [0.2, 0.25) is 0 Å². The summed E-state index contributed by atoms with van der Waals surface area (Å²) in [5, 5.41) is 0. The molecule has 0 bridgehead atoms. The van der Waals surface area contributed by atoms with Gasteiger partial charge in [-0.15, -0.1) is 0 Å². The Morgan fingerprint density at radius 3 is 2.23 bits per heavy atom. The molecular weight excluding hydrogens is 386 g/mol. The van der Waals surface area contributed by atoms with Crippen molar-refractivity contribution in [2.24, 2.45) is 11.8 Å². The number of methoxy groups -OCH3 is 3. The first-order valence-corrected chi connectivity index (χ1v) is 9.65. The fourth-order valence-corrected chi connectivity index (χ4v) is 4.84. The van der Waals surface area contributed by atoms with Crippen molar-refractivity contribution in [3.05, 3.63) is 53.6 Å². The molecule has 0 aromatic heterocycles. The van der Waals surface area contributed by atoms with Crippen molar-refractivity contribution in [1.82, 2.24) is 0 Å². The van der Waals surface area contributed by atoms with E-state index < -0.39 is 29.1 Å². The van der Waals surface area contributed by atoms with Gasteiger partial charge in [-0.3, -0.25) is 19.3 Å². The molecular formula is C23H23NO6. The molecule has 0 N–H and O–H groups in total. The Morgan fingerprint density at radius 2 is 1.63 bits per heavy atom. The van der Waals surface area contributed by atoms with Crippen LogP contribution in [0.1, 0.15) is 18.1 Å². The third-order valence-electron chi connectivity index (χ3n) is 6.28. The Morgan fingerprint density at radius 1 is 1.00 bits per heavy atom. The Hall–Kier alpha value is -3.35. The number of amides is 2. The van der Waals surface area contributed by atoms with Crippen LogP contribution in [0.3, 0.4) is 0 Å². The van der Waals surface area contributed by atoms with E-state index in [1.54, 1.807) is 43.3 Å². The summed E-state index contributed by atoms with van der Waals surface area (Å²) in [4.78, 5) is 41.1. The maximum absolute atomic E-state index is 13.5. The molecule has 30 heavy (non-hydrogen) atoms. The second kappa shape index (κ2) is 7.16. The molecule has 2 aliphatic rings. The van der Waals surface area contributed by atoms with Gasteiger partial charge in [0.25, 0.3) is 0 Å². The van der Waals surface area contributed by atoms with Gasteiger partial charge in [-0.1, -0.05) is 18.2 Å². The molecule has 2 amide bonds. The molecule has 156 valence electrons. The van der Waals surface area contributed by atoms with E-state index in [1.807, 2.05) is 6.07 Å². The average molecular weight is 409 g/mol. The number of ether oxygens (including phenoxy) is 3. The second-order valence-electron chi connectivity index (χ2n) is 7.69. The standard InChI is InChI=1S/C23H23NO6/c1-23(22(27)30-4)16-12-18(29-3)17(28-2)11-13(16)10-15-19(23)21(26)24(20(15)25)14-8-6-5-7-9-14/h5-9,11-12,15,19H,10H2,1-4H3/t15-,19+,23-/m1/s1. The fraction of sp³-hybridized carbons (Fsp3) is 0.348. The van der Waals surface area contributed by atoms with E-state index in [9.17, 15) is 14.4 Å². The molecule has 1 aliphatic carbocycles. The molecule has 1 aliphatic heterocycles. The first-order valence-electron chi connectivity index (χ1n) is 9.65. The summed E-state index contributed by atoms with van der Waals surface area (Å²) in [6, 6.07) is 12.3. The second-order valence-corrected chi connectivity index (χ2v) is 7.69. The molecule has 3 atom stereocenters. The van der Waals surface area contributed by atoms with Gasteiger partial charge < -0.3 is 14.2 Å². The highest BCUT2D eigenvalue weighted by atomic mass is 16.5. The Balaban J connectivity index is 1.92. The van der Waals surface area contributed by atoms with Crippen LogP contribution < -0.4 is 14.4 Å². The van der Waals surface area contributed by atoms with Crippen molar-refractivity contribution in [3.8, 4) is 11.5 Å². The first-order chi connectivity index (χ1) is 14.4. The molecule has 0 unspecified atom stereocenters. The monoisotopic (exact) mass is 409 g/mol. The number of esters is 1. The summed E-state index contributed by atoms with van der Waals surface area (Å²) in [6.45, 7) is 1.67. The number of hydrogen-bond acceptors (Lipinski definition) is 6. The highest BCUT2D eigenvalue weighted by Gasteiger charge is 2.62. The zero-order valence-corrected chi connectivity index (χ0v) is 17.3. The number of benzene rings is 2. The molecule has 1 saturated heterocycles. The Kier molecular flexibility index (Phi) is 4.76. The highest BCUT2D eigenvalue weighted by molar-refractivity contribution is 6.24. The largest absolute Gasteiger partial charge is 0.493 e. The molecule has 2 aromatic rings. The lowest BCUT2D eigenvalue weighted by atomic mass is 9.60. The number of carbonyl (C=O) groups excluding carboxylic acids is 3. The average Bonchev–Trinajstić information content (AvgIpc) is 3.03. The molecule has 0 spiro atoms. The zero-order valence-electron chi connectivity index (χ0n) is 17.3. The van der Waals surface area contributed by atoms with Crippen molar-refractivity contribution in [2.45, 2.75) is 18.8 Å². The van der Waals surface area contributed by atoms with Crippen LogP contribution in [0, 0.1) is 11.8 Å². The van der Waals surface area contributed by atoms with Gasteiger partial charge in [-0.25, -0.2) is 0 Å². The number of para-hydroxylation sites is 1. The van der Waals surface area contributed by atoms with Crippen molar-refractivity contribution in [3.63, 3.8) is 0 Å². The molecule has 2 aromatic carbocycles. The van der Waals surface area contributed by atoms with E-state index in [2.05, 4.69) is 0 Å². The number of hydrogen-bond donors (Lipinski definition) is 0. The Bertz CT molecular complexity index is 1030. The number of carbonyl (C=O) groups is 3. The van der Waals surface area contributed by atoms with E-state index in [1.165, 1.54) is 26.2 Å². The van der Waals surface area contributed by atoms with Crippen molar-refractivity contribution >= 4 is 23.5 Å². The lowest BCUT2D eigenvalue weighted by Crippen LogP contribution is -2.50. The molecule has 7 heteroatoms. The van der Waals surface area contributed by atoms with E-state index in [-0.39, 0.29) is 5.91 Å². The van der Waals surface area contributed by atoms with Crippen LogP contribution in [-0.4, -0.2) is 39.1 Å². The predicted octanol–water partition coefficient (Wildman–Crippen LogP) is 2.50. The minimum atomic E-state index is -1.34. The SMILES string of the molecule is COC(=O)[C@]1(C)c2cc(OC)c(OC)cc2C[C@H]2C(=O)N(c3ccccc3)C(=O)[C@H]21. The van der Waals surface area contributed by atoms with Gasteiger partial charge >= 0.3 is 5.97 Å². The molecule has 7 nitrogen and oxygen atoms in total. The van der Waals surface area contributed by atoms with Gasteiger partial charge in [0.15, 0.2) is 11.5 Å². The summed E-state index contributed by atoms with van der Waals surface area (Å²) in [5.41, 5.74) is 0.526. The van der Waals surface area contributed by atoms with Crippen LogP contribution in [0.15, 0.2) is 42.5 Å². The van der Waals surface area contributed by atoms with Gasteiger partial charge in [0, 0.05) is 0 Å². The van der Waals surface area contributed by atoms with Crippen LogP contribution in [-0.2, 0) is 31.0 Å². The molecule has 1 fully saturated rings. The van der Waals surface area contributed by atoms with Gasteiger partial charge in [-0.05, 0) is 48.7 Å². The van der Waals surface area contributed by atoms with Crippen LogP contribution in [0.25, 0.3) is 0 Å². The summed E-state index contributed by atoms with van der Waals surface area (Å²) in [7, 11) is 4.32. The van der Waals surface area contributed by atoms with Gasteiger partial charge in [-0.2, -0.15) is 0 Å². The lowest BCUT2D eigenvalue weighted by Gasteiger charge is -2.40. The number of fused-ring (bicyclic) bond motifs is 2. The molecule has 0 saturated carbocycles. The number of anilines is 1. The lowest BCUT2D eigenvalue weighted by molar-refractivity contribution is -0.153. The van der Waals surface area contributed by atoms with Crippen molar-refractivity contribution in [1.29, 1.82) is 0 Å². The van der Waals surface area contributed by atoms with E-state index in [0.717, 1.165) is 5.56 Å². The number of imide groups is 1. The highest BCUT2D eigenvalue weighted by Crippen LogP contribution is 2.52. The van der Waals surface area contributed by atoms with E-state index >= 15 is 0 Å². The molecule has 0 radical (unpaired) electrons. The summed E-state index contributed by atoms with van der Waals surface area (Å²) >= 11 is 0. The van der Waals surface area contributed by atoms with Crippen LogP contribution in [0.4, 0.5) is 5.69 Å². The molecule has 1 heterocycles. The quantitative estimate of drug-likeness (QED) is 0.570. The van der Waals surface area contributed by atoms with Gasteiger partial charge in [0.05, 0.1) is 38.9 Å². The fourth-order valence-electron chi connectivity index (χ4n) is 4.84. The van der Waals surface area contributed by atoms with Crippen molar-refractivity contribution < 1.29 is 28.6 Å². The molecule has 4 rings (SSSR count). The third-order valence-corrected chi connectivity index (χ3v) is 6.28. The van der Waals surface area contributed by atoms with Crippen molar-refractivity contribution in [2.75, 3.05) is 26.2 Å². The smallest absolute Gasteiger partial charge is 0.316 e.